The fourth-order valence-corrected chi connectivity index (χ4v) is 2.61. The van der Waals surface area contributed by atoms with Crippen LogP contribution >= 0.6 is 0 Å². The predicted molar refractivity (Wildman–Crippen MR) is 90.8 cm³/mol. The number of carbonyl (C=O) groups is 2. The lowest BCUT2D eigenvalue weighted by atomic mass is 10.1. The van der Waals surface area contributed by atoms with Crippen molar-refractivity contribution in [1.29, 1.82) is 0 Å². The number of hydrogen-bond donors (Lipinski definition) is 2. The number of carbonyl (C=O) groups excluding carboxylic acids is 1. The maximum absolute atomic E-state index is 12.2. The Morgan fingerprint density at radius 2 is 1.92 bits per heavy atom. The van der Waals surface area contributed by atoms with Crippen LogP contribution < -0.4 is 10.9 Å². The number of nitrogens with zero attached hydrogens (tertiary/aromatic N) is 2. The SMILES string of the molecule is O=C(Cn1nc(-c2ccccc2)ccc1=O)NC(CC1CC1)C(=O)O. The highest BCUT2D eigenvalue weighted by Gasteiger charge is 2.30. The van der Waals surface area contributed by atoms with Crippen LogP contribution in [-0.4, -0.2) is 32.8 Å². The molecule has 1 saturated carbocycles. The largest absolute Gasteiger partial charge is 0.480 e. The molecular weight excluding hydrogens is 322 g/mol. The quantitative estimate of drug-likeness (QED) is 0.790. The topological polar surface area (TPSA) is 101 Å². The molecule has 1 fully saturated rings. The maximum Gasteiger partial charge on any atom is 0.326 e. The zero-order valence-electron chi connectivity index (χ0n) is 13.6. The van der Waals surface area contributed by atoms with Gasteiger partial charge in [-0.15, -0.1) is 0 Å². The molecule has 1 amide bonds. The van der Waals surface area contributed by atoms with Gasteiger partial charge in [0.2, 0.25) is 5.91 Å². The zero-order valence-corrected chi connectivity index (χ0v) is 13.6. The summed E-state index contributed by atoms with van der Waals surface area (Å²) in [6, 6.07) is 11.3. The molecular formula is C18H19N3O4. The van der Waals surface area contributed by atoms with Crippen molar-refractivity contribution in [3.05, 3.63) is 52.8 Å². The Hall–Kier alpha value is -2.96. The van der Waals surface area contributed by atoms with Crippen molar-refractivity contribution in [2.45, 2.75) is 31.8 Å². The number of aromatic nitrogens is 2. The van der Waals surface area contributed by atoms with E-state index >= 15 is 0 Å². The van der Waals surface area contributed by atoms with Crippen LogP contribution in [0.25, 0.3) is 11.3 Å². The number of carboxylic acids is 1. The van der Waals surface area contributed by atoms with Gasteiger partial charge in [-0.05, 0) is 18.4 Å². The van der Waals surface area contributed by atoms with Crippen molar-refractivity contribution in [3.8, 4) is 11.3 Å². The lowest BCUT2D eigenvalue weighted by Gasteiger charge is -2.14. The molecule has 0 saturated heterocycles. The van der Waals surface area contributed by atoms with Crippen molar-refractivity contribution in [2.75, 3.05) is 0 Å². The molecule has 1 aliphatic carbocycles. The first-order valence-corrected chi connectivity index (χ1v) is 8.18. The summed E-state index contributed by atoms with van der Waals surface area (Å²) in [4.78, 5) is 35.4. The highest BCUT2D eigenvalue weighted by atomic mass is 16.4. The molecule has 0 radical (unpaired) electrons. The average molecular weight is 341 g/mol. The number of hydrogen-bond acceptors (Lipinski definition) is 4. The van der Waals surface area contributed by atoms with E-state index < -0.39 is 23.5 Å². The van der Waals surface area contributed by atoms with E-state index in [1.807, 2.05) is 30.3 Å². The maximum atomic E-state index is 12.2. The Bertz CT molecular complexity index is 828. The third kappa shape index (κ3) is 4.53. The molecule has 3 rings (SSSR count). The molecule has 1 aliphatic rings. The standard InChI is InChI=1S/C18H19N3O4/c22-16(19-15(18(24)25)10-12-6-7-12)11-21-17(23)9-8-14(20-21)13-4-2-1-3-5-13/h1-5,8-9,12,15H,6-7,10-11H2,(H,19,22)(H,24,25). The Labute approximate surface area is 144 Å². The van der Waals surface area contributed by atoms with Crippen molar-refractivity contribution < 1.29 is 14.7 Å². The number of benzene rings is 1. The third-order valence-electron chi connectivity index (χ3n) is 4.13. The van der Waals surface area contributed by atoms with Gasteiger partial charge >= 0.3 is 5.97 Å². The highest BCUT2D eigenvalue weighted by Crippen LogP contribution is 2.33. The minimum absolute atomic E-state index is 0.312. The summed E-state index contributed by atoms with van der Waals surface area (Å²) in [6.45, 7) is -0.312. The van der Waals surface area contributed by atoms with Crippen LogP contribution in [0.4, 0.5) is 0 Å². The van der Waals surface area contributed by atoms with Crippen LogP contribution in [0.2, 0.25) is 0 Å². The Morgan fingerprint density at radius 3 is 2.56 bits per heavy atom. The van der Waals surface area contributed by atoms with Crippen LogP contribution in [-0.2, 0) is 16.1 Å². The van der Waals surface area contributed by atoms with E-state index in [0.29, 0.717) is 18.0 Å². The van der Waals surface area contributed by atoms with E-state index in [0.717, 1.165) is 23.1 Å². The number of amides is 1. The van der Waals surface area contributed by atoms with Gasteiger partial charge < -0.3 is 10.4 Å². The fourth-order valence-electron chi connectivity index (χ4n) is 2.61. The Kier molecular flexibility index (Phi) is 4.92. The Balaban J connectivity index is 1.72. The van der Waals surface area contributed by atoms with Gasteiger partial charge in [-0.1, -0.05) is 43.2 Å². The summed E-state index contributed by atoms with van der Waals surface area (Å²) >= 11 is 0. The molecule has 1 aromatic carbocycles. The lowest BCUT2D eigenvalue weighted by Crippen LogP contribution is -2.44. The molecule has 0 spiro atoms. The number of nitrogens with one attached hydrogen (secondary N) is 1. The highest BCUT2D eigenvalue weighted by molar-refractivity contribution is 5.83. The van der Waals surface area contributed by atoms with Gasteiger partial charge in [0.05, 0.1) is 5.69 Å². The van der Waals surface area contributed by atoms with Crippen molar-refractivity contribution in [2.24, 2.45) is 5.92 Å². The van der Waals surface area contributed by atoms with E-state index in [-0.39, 0.29) is 6.54 Å². The third-order valence-corrected chi connectivity index (χ3v) is 4.13. The van der Waals surface area contributed by atoms with E-state index in [1.165, 1.54) is 6.07 Å². The second-order valence-corrected chi connectivity index (χ2v) is 6.22. The van der Waals surface area contributed by atoms with E-state index in [2.05, 4.69) is 10.4 Å². The molecule has 1 heterocycles. The van der Waals surface area contributed by atoms with Crippen molar-refractivity contribution >= 4 is 11.9 Å². The van der Waals surface area contributed by atoms with Gasteiger partial charge in [-0.2, -0.15) is 5.10 Å². The predicted octanol–water partition coefficient (Wildman–Crippen LogP) is 1.28. The smallest absolute Gasteiger partial charge is 0.326 e. The molecule has 2 N–H and O–H groups in total. The van der Waals surface area contributed by atoms with Crippen molar-refractivity contribution in [1.82, 2.24) is 15.1 Å². The first kappa shape index (κ1) is 16.9. The molecule has 2 aromatic rings. The second-order valence-electron chi connectivity index (χ2n) is 6.22. The van der Waals surface area contributed by atoms with Crippen LogP contribution in [0.3, 0.4) is 0 Å². The van der Waals surface area contributed by atoms with Gasteiger partial charge in [0, 0.05) is 11.6 Å². The number of aliphatic carboxylic acids is 1. The van der Waals surface area contributed by atoms with E-state index in [1.54, 1.807) is 6.07 Å². The molecule has 1 unspecified atom stereocenters. The number of rotatable bonds is 7. The zero-order chi connectivity index (χ0) is 17.8. The molecule has 1 aromatic heterocycles. The van der Waals surface area contributed by atoms with E-state index in [9.17, 15) is 19.5 Å². The molecule has 1 atom stereocenters. The minimum atomic E-state index is -1.06. The molecule has 130 valence electrons. The van der Waals surface area contributed by atoms with Crippen LogP contribution in [0.15, 0.2) is 47.3 Å². The molecule has 0 bridgehead atoms. The van der Waals surface area contributed by atoms with Gasteiger partial charge in [0.15, 0.2) is 0 Å². The van der Waals surface area contributed by atoms with Gasteiger partial charge in [0.1, 0.15) is 12.6 Å². The second kappa shape index (κ2) is 7.29. The molecule has 7 heteroatoms. The van der Waals surface area contributed by atoms with Crippen LogP contribution in [0.5, 0.6) is 0 Å². The normalized spacial score (nSPS) is 14.7. The van der Waals surface area contributed by atoms with Gasteiger partial charge in [-0.3, -0.25) is 9.59 Å². The summed E-state index contributed by atoms with van der Waals surface area (Å²) in [7, 11) is 0. The summed E-state index contributed by atoms with van der Waals surface area (Å²) in [5, 5.41) is 15.9. The van der Waals surface area contributed by atoms with Crippen LogP contribution in [0, 0.1) is 5.92 Å². The van der Waals surface area contributed by atoms with Crippen LogP contribution in [0.1, 0.15) is 19.3 Å². The summed E-state index contributed by atoms with van der Waals surface area (Å²) < 4.78 is 1.05. The summed E-state index contributed by atoms with van der Waals surface area (Å²) in [5.41, 5.74) is 0.985. The average Bonchev–Trinajstić information content (AvgIpc) is 3.41. The van der Waals surface area contributed by atoms with Gasteiger partial charge in [-0.25, -0.2) is 9.48 Å². The first-order chi connectivity index (χ1) is 12.0. The molecule has 25 heavy (non-hydrogen) atoms. The molecule has 7 nitrogen and oxygen atoms in total. The summed E-state index contributed by atoms with van der Waals surface area (Å²) in [6.07, 6.45) is 2.42. The monoisotopic (exact) mass is 341 g/mol. The van der Waals surface area contributed by atoms with E-state index in [4.69, 9.17) is 0 Å². The number of carboxylic acid groups (broad SMARTS) is 1. The molecule has 0 aliphatic heterocycles. The van der Waals surface area contributed by atoms with Crippen molar-refractivity contribution in [3.63, 3.8) is 0 Å². The fraction of sp³-hybridized carbons (Fsp3) is 0.333. The van der Waals surface area contributed by atoms with Gasteiger partial charge in [0.25, 0.3) is 5.56 Å². The lowest BCUT2D eigenvalue weighted by molar-refractivity contribution is -0.142. The summed E-state index contributed by atoms with van der Waals surface area (Å²) in [5.74, 6) is -1.23. The minimum Gasteiger partial charge on any atom is -0.480 e. The Morgan fingerprint density at radius 1 is 1.20 bits per heavy atom. The first-order valence-electron chi connectivity index (χ1n) is 8.18.